The standard InChI is InChI=1S/C19H23N3O3/c1-3-15-8-4-5-10-17(15)22-18(23)13-21-19(24)20-12-14-7-6-9-16(11-14)25-2/h4-11H,3,12-13H2,1-2H3,(H,22,23)(H2,20,21,24). The average Bonchev–Trinajstić information content (AvgIpc) is 2.65. The molecular formula is C19H23N3O3. The number of benzene rings is 2. The molecule has 2 aromatic carbocycles. The summed E-state index contributed by atoms with van der Waals surface area (Å²) in [5.74, 6) is 0.464. The number of urea groups is 1. The number of methoxy groups -OCH3 is 1. The topological polar surface area (TPSA) is 79.5 Å². The molecule has 0 aromatic heterocycles. The fraction of sp³-hybridized carbons (Fsp3) is 0.263. The van der Waals surface area contributed by atoms with Crippen molar-refractivity contribution >= 4 is 17.6 Å². The largest absolute Gasteiger partial charge is 0.497 e. The van der Waals surface area contributed by atoms with Crippen LogP contribution >= 0.6 is 0 Å². The maximum atomic E-state index is 12.0. The van der Waals surface area contributed by atoms with Crippen LogP contribution < -0.4 is 20.7 Å². The summed E-state index contributed by atoms with van der Waals surface area (Å²) in [6, 6.07) is 14.6. The highest BCUT2D eigenvalue weighted by molar-refractivity contribution is 5.94. The van der Waals surface area contributed by atoms with Crippen molar-refractivity contribution in [3.63, 3.8) is 0 Å². The van der Waals surface area contributed by atoms with E-state index in [-0.39, 0.29) is 12.5 Å². The monoisotopic (exact) mass is 341 g/mol. The highest BCUT2D eigenvalue weighted by Gasteiger charge is 2.07. The zero-order chi connectivity index (χ0) is 18.1. The van der Waals surface area contributed by atoms with Crippen molar-refractivity contribution < 1.29 is 14.3 Å². The number of aryl methyl sites for hydroxylation is 1. The molecule has 2 aromatic rings. The quantitative estimate of drug-likeness (QED) is 0.724. The fourth-order valence-electron chi connectivity index (χ4n) is 2.33. The van der Waals surface area contributed by atoms with Gasteiger partial charge in [0.25, 0.3) is 0 Å². The zero-order valence-corrected chi connectivity index (χ0v) is 14.5. The van der Waals surface area contributed by atoms with Crippen molar-refractivity contribution in [2.24, 2.45) is 0 Å². The van der Waals surface area contributed by atoms with E-state index in [4.69, 9.17) is 4.74 Å². The molecule has 0 aliphatic rings. The minimum atomic E-state index is -0.401. The van der Waals surface area contributed by atoms with E-state index in [2.05, 4.69) is 16.0 Å². The van der Waals surface area contributed by atoms with Crippen LogP contribution in [0.1, 0.15) is 18.1 Å². The second-order valence-corrected chi connectivity index (χ2v) is 5.45. The summed E-state index contributed by atoms with van der Waals surface area (Å²) in [7, 11) is 1.59. The van der Waals surface area contributed by atoms with Crippen LogP contribution in [0.15, 0.2) is 48.5 Å². The van der Waals surface area contributed by atoms with Gasteiger partial charge >= 0.3 is 6.03 Å². The number of hydrogen-bond donors (Lipinski definition) is 3. The Morgan fingerprint density at radius 2 is 1.84 bits per heavy atom. The first kappa shape index (κ1) is 18.3. The van der Waals surface area contributed by atoms with Crippen molar-refractivity contribution in [3.05, 3.63) is 59.7 Å². The van der Waals surface area contributed by atoms with Gasteiger partial charge in [-0.05, 0) is 35.7 Å². The molecule has 0 fully saturated rings. The first-order valence-electron chi connectivity index (χ1n) is 8.14. The lowest BCUT2D eigenvalue weighted by atomic mass is 10.1. The van der Waals surface area contributed by atoms with Crippen molar-refractivity contribution in [3.8, 4) is 5.75 Å². The summed E-state index contributed by atoms with van der Waals surface area (Å²) >= 11 is 0. The lowest BCUT2D eigenvalue weighted by Gasteiger charge is -2.11. The molecule has 0 atom stereocenters. The molecule has 6 nitrogen and oxygen atoms in total. The summed E-state index contributed by atoms with van der Waals surface area (Å²) in [5, 5.41) is 8.06. The van der Waals surface area contributed by atoms with Gasteiger partial charge in [0.05, 0.1) is 13.7 Å². The van der Waals surface area contributed by atoms with Crippen LogP contribution in [-0.2, 0) is 17.8 Å². The van der Waals surface area contributed by atoms with Gasteiger partial charge in [0.1, 0.15) is 5.75 Å². The van der Waals surface area contributed by atoms with Crippen molar-refractivity contribution in [2.75, 3.05) is 19.0 Å². The molecular weight excluding hydrogens is 318 g/mol. The van der Waals surface area contributed by atoms with E-state index >= 15 is 0 Å². The van der Waals surface area contributed by atoms with Crippen LogP contribution in [0.4, 0.5) is 10.5 Å². The van der Waals surface area contributed by atoms with Crippen molar-refractivity contribution in [2.45, 2.75) is 19.9 Å². The smallest absolute Gasteiger partial charge is 0.315 e. The molecule has 3 amide bonds. The summed E-state index contributed by atoms with van der Waals surface area (Å²) in [4.78, 5) is 23.8. The Balaban J connectivity index is 1.76. The van der Waals surface area contributed by atoms with Gasteiger partial charge in [-0.3, -0.25) is 4.79 Å². The Labute approximate surface area is 147 Å². The number of carbonyl (C=O) groups is 2. The van der Waals surface area contributed by atoms with Crippen LogP contribution in [0.2, 0.25) is 0 Å². The molecule has 0 saturated carbocycles. The predicted octanol–water partition coefficient (Wildman–Crippen LogP) is 2.70. The summed E-state index contributed by atoms with van der Waals surface area (Å²) in [5.41, 5.74) is 2.74. The van der Waals surface area contributed by atoms with Gasteiger partial charge in [0.15, 0.2) is 0 Å². The maximum Gasteiger partial charge on any atom is 0.315 e. The highest BCUT2D eigenvalue weighted by Crippen LogP contribution is 2.15. The summed E-state index contributed by atoms with van der Waals surface area (Å²) < 4.78 is 5.13. The molecule has 0 radical (unpaired) electrons. The van der Waals surface area contributed by atoms with Gasteiger partial charge in [0, 0.05) is 12.2 Å². The zero-order valence-electron chi connectivity index (χ0n) is 14.5. The number of rotatable bonds is 7. The summed E-state index contributed by atoms with van der Waals surface area (Å²) in [6.07, 6.45) is 0.824. The normalized spacial score (nSPS) is 10.0. The Morgan fingerprint density at radius 1 is 1.04 bits per heavy atom. The number of anilines is 1. The van der Waals surface area contributed by atoms with Crippen LogP contribution in [-0.4, -0.2) is 25.6 Å². The van der Waals surface area contributed by atoms with E-state index in [1.165, 1.54) is 0 Å². The maximum absolute atomic E-state index is 12.0. The molecule has 6 heteroatoms. The van der Waals surface area contributed by atoms with E-state index in [1.54, 1.807) is 7.11 Å². The van der Waals surface area contributed by atoms with E-state index in [1.807, 2.05) is 55.5 Å². The molecule has 0 saturated heterocycles. The number of ether oxygens (including phenoxy) is 1. The first-order chi connectivity index (χ1) is 12.1. The first-order valence-corrected chi connectivity index (χ1v) is 8.14. The average molecular weight is 341 g/mol. The SMILES string of the molecule is CCc1ccccc1NC(=O)CNC(=O)NCc1cccc(OC)c1. The second-order valence-electron chi connectivity index (χ2n) is 5.45. The number of hydrogen-bond acceptors (Lipinski definition) is 3. The Hall–Kier alpha value is -3.02. The van der Waals surface area contributed by atoms with Crippen LogP contribution in [0.5, 0.6) is 5.75 Å². The van der Waals surface area contributed by atoms with Gasteiger partial charge in [-0.15, -0.1) is 0 Å². The highest BCUT2D eigenvalue weighted by atomic mass is 16.5. The molecule has 0 heterocycles. The molecule has 0 aliphatic heterocycles. The van der Waals surface area contributed by atoms with Gasteiger partial charge in [-0.1, -0.05) is 37.3 Å². The van der Waals surface area contributed by atoms with Gasteiger partial charge in [0.2, 0.25) is 5.91 Å². The molecule has 0 bridgehead atoms. The molecule has 132 valence electrons. The van der Waals surface area contributed by atoms with E-state index in [9.17, 15) is 9.59 Å². The third-order valence-corrected chi connectivity index (χ3v) is 3.67. The minimum Gasteiger partial charge on any atom is -0.497 e. The fourth-order valence-corrected chi connectivity index (χ4v) is 2.33. The van der Waals surface area contributed by atoms with Gasteiger partial charge in [-0.25, -0.2) is 4.79 Å². The number of amides is 3. The predicted molar refractivity (Wildman–Crippen MR) is 97.7 cm³/mol. The Bertz CT molecular complexity index is 731. The molecule has 2 rings (SSSR count). The summed E-state index contributed by atoms with van der Waals surface area (Å²) in [6.45, 7) is 2.28. The lowest BCUT2D eigenvalue weighted by Crippen LogP contribution is -2.39. The minimum absolute atomic E-state index is 0.0952. The third kappa shape index (κ3) is 5.84. The molecule has 0 spiro atoms. The van der Waals surface area contributed by atoms with E-state index in [0.29, 0.717) is 6.54 Å². The third-order valence-electron chi connectivity index (χ3n) is 3.67. The second kappa shape index (κ2) is 9.32. The van der Waals surface area contributed by atoms with Crippen molar-refractivity contribution in [1.29, 1.82) is 0 Å². The van der Waals surface area contributed by atoms with Crippen LogP contribution in [0.3, 0.4) is 0 Å². The Kier molecular flexibility index (Phi) is 6.83. The van der Waals surface area contributed by atoms with E-state index < -0.39 is 6.03 Å². The van der Waals surface area contributed by atoms with E-state index in [0.717, 1.165) is 29.0 Å². The molecule has 3 N–H and O–H groups in total. The van der Waals surface area contributed by atoms with Gasteiger partial charge in [-0.2, -0.15) is 0 Å². The number of nitrogens with one attached hydrogen (secondary N) is 3. The number of para-hydroxylation sites is 1. The number of carbonyl (C=O) groups excluding carboxylic acids is 2. The van der Waals surface area contributed by atoms with Crippen LogP contribution in [0, 0.1) is 0 Å². The molecule has 0 aliphatic carbocycles. The van der Waals surface area contributed by atoms with Crippen LogP contribution in [0.25, 0.3) is 0 Å². The van der Waals surface area contributed by atoms with Crippen molar-refractivity contribution in [1.82, 2.24) is 10.6 Å². The molecule has 0 unspecified atom stereocenters. The Morgan fingerprint density at radius 3 is 2.60 bits per heavy atom. The molecule has 25 heavy (non-hydrogen) atoms. The lowest BCUT2D eigenvalue weighted by molar-refractivity contribution is -0.115. The van der Waals surface area contributed by atoms with Gasteiger partial charge < -0.3 is 20.7 Å².